The molecule has 0 radical (unpaired) electrons. The Kier molecular flexibility index (Phi) is 5.95. The Morgan fingerprint density at radius 1 is 1.33 bits per heavy atom. The molecule has 7 heteroatoms. The van der Waals surface area contributed by atoms with E-state index in [2.05, 4.69) is 10.4 Å². The average Bonchev–Trinajstić information content (AvgIpc) is 2.94. The first-order valence-electron chi connectivity index (χ1n) is 7.71. The molecule has 0 aliphatic heterocycles. The van der Waals surface area contributed by atoms with E-state index in [9.17, 15) is 9.59 Å². The number of carboxylic acids is 1. The van der Waals surface area contributed by atoms with Crippen LogP contribution in [-0.2, 0) is 29.6 Å². The van der Waals surface area contributed by atoms with Crippen LogP contribution in [0.25, 0.3) is 0 Å². The highest BCUT2D eigenvalue weighted by atomic mass is 16.5. The number of nitrogens with zero attached hydrogens (tertiary/aromatic N) is 2. The number of rotatable bonds is 7. The second-order valence-electron chi connectivity index (χ2n) is 5.41. The van der Waals surface area contributed by atoms with Gasteiger partial charge in [0.05, 0.1) is 18.2 Å². The second-order valence-corrected chi connectivity index (χ2v) is 5.41. The molecule has 1 atom stereocenters. The number of hydrogen-bond acceptors (Lipinski definition) is 4. The first-order valence-corrected chi connectivity index (χ1v) is 7.71. The molecule has 0 aliphatic rings. The second kappa shape index (κ2) is 8.14. The van der Waals surface area contributed by atoms with Crippen LogP contribution in [0.2, 0.25) is 0 Å². The maximum absolute atomic E-state index is 12.0. The average molecular weight is 331 g/mol. The normalized spacial score (nSPS) is 11.8. The van der Waals surface area contributed by atoms with Gasteiger partial charge in [0, 0.05) is 18.8 Å². The quantitative estimate of drug-likeness (QED) is 0.813. The number of ether oxygens (including phenoxy) is 1. The van der Waals surface area contributed by atoms with Gasteiger partial charge in [-0.15, -0.1) is 0 Å². The van der Waals surface area contributed by atoms with Crippen molar-refractivity contribution in [3.63, 3.8) is 0 Å². The van der Waals surface area contributed by atoms with Crippen molar-refractivity contribution < 1.29 is 19.4 Å². The highest BCUT2D eigenvalue weighted by Gasteiger charge is 2.23. The highest BCUT2D eigenvalue weighted by molar-refractivity contribution is 5.72. The van der Waals surface area contributed by atoms with Crippen LogP contribution < -0.4 is 5.32 Å². The van der Waals surface area contributed by atoms with E-state index in [4.69, 9.17) is 9.84 Å². The molecule has 7 nitrogen and oxygen atoms in total. The van der Waals surface area contributed by atoms with Crippen molar-refractivity contribution in [2.75, 3.05) is 0 Å². The largest absolute Gasteiger partial charge is 0.481 e. The van der Waals surface area contributed by atoms with Gasteiger partial charge in [-0.2, -0.15) is 5.10 Å². The number of aromatic nitrogens is 2. The lowest BCUT2D eigenvalue weighted by molar-refractivity contribution is -0.137. The summed E-state index contributed by atoms with van der Waals surface area (Å²) < 4.78 is 6.78. The van der Waals surface area contributed by atoms with Gasteiger partial charge >= 0.3 is 12.1 Å². The number of benzene rings is 1. The number of hydrogen-bond donors (Lipinski definition) is 2. The number of aryl methyl sites for hydroxylation is 2. The molecule has 0 spiro atoms. The number of carbonyl (C=O) groups excluding carboxylic acids is 1. The lowest BCUT2D eigenvalue weighted by Gasteiger charge is -2.17. The van der Waals surface area contributed by atoms with Crippen molar-refractivity contribution in [3.8, 4) is 0 Å². The zero-order valence-electron chi connectivity index (χ0n) is 13.7. The fourth-order valence-corrected chi connectivity index (χ4v) is 2.44. The Hall–Kier alpha value is -2.83. The van der Waals surface area contributed by atoms with Crippen LogP contribution in [-0.4, -0.2) is 26.9 Å². The molecule has 0 saturated heterocycles. The van der Waals surface area contributed by atoms with E-state index < -0.39 is 18.1 Å². The molecule has 2 aromatic rings. The maximum atomic E-state index is 12.0. The molecule has 2 N–H and O–H groups in total. The van der Waals surface area contributed by atoms with Crippen LogP contribution in [0.5, 0.6) is 0 Å². The number of carbonyl (C=O) groups is 2. The molecule has 128 valence electrons. The number of nitrogens with one attached hydrogen (secondary N) is 1. The van der Waals surface area contributed by atoms with Crippen molar-refractivity contribution in [3.05, 3.63) is 53.3 Å². The van der Waals surface area contributed by atoms with E-state index in [-0.39, 0.29) is 13.0 Å². The fraction of sp³-hybridized carbons (Fsp3) is 0.353. The minimum atomic E-state index is -1.01. The predicted octanol–water partition coefficient (Wildman–Crippen LogP) is 2.42. The number of alkyl carbamates (subject to hydrolysis) is 1. The van der Waals surface area contributed by atoms with Crippen molar-refractivity contribution in [1.82, 2.24) is 15.1 Å². The van der Waals surface area contributed by atoms with E-state index >= 15 is 0 Å². The van der Waals surface area contributed by atoms with Gasteiger partial charge in [-0.05, 0) is 12.0 Å². The third kappa shape index (κ3) is 4.84. The summed E-state index contributed by atoms with van der Waals surface area (Å²) in [5.41, 5.74) is 2.31. The molecule has 1 aromatic carbocycles. The smallest absolute Gasteiger partial charge is 0.407 e. The molecule has 0 bridgehead atoms. The lowest BCUT2D eigenvalue weighted by atomic mass is 10.0. The molecular formula is C17H21N3O4. The molecule has 1 heterocycles. The summed E-state index contributed by atoms with van der Waals surface area (Å²) in [5, 5.41) is 16.0. The van der Waals surface area contributed by atoms with E-state index in [1.807, 2.05) is 37.3 Å². The molecule has 0 aliphatic carbocycles. The number of aliphatic carboxylic acids is 1. The van der Waals surface area contributed by atoms with Crippen molar-refractivity contribution in [2.45, 2.75) is 32.4 Å². The summed E-state index contributed by atoms with van der Waals surface area (Å²) in [7, 11) is 1.76. The maximum Gasteiger partial charge on any atom is 0.407 e. The minimum Gasteiger partial charge on any atom is -0.481 e. The molecule has 1 aromatic heterocycles. The third-order valence-corrected chi connectivity index (χ3v) is 3.53. The van der Waals surface area contributed by atoms with Gasteiger partial charge in [-0.3, -0.25) is 9.48 Å². The molecule has 1 amide bonds. The molecular weight excluding hydrogens is 310 g/mol. The highest BCUT2D eigenvalue weighted by Crippen LogP contribution is 2.21. The minimum absolute atomic E-state index is 0.125. The van der Waals surface area contributed by atoms with Crippen LogP contribution in [0, 0.1) is 0 Å². The lowest BCUT2D eigenvalue weighted by Crippen LogP contribution is -2.31. The van der Waals surface area contributed by atoms with E-state index in [0.29, 0.717) is 12.0 Å². The Morgan fingerprint density at radius 2 is 2.04 bits per heavy atom. The van der Waals surface area contributed by atoms with Gasteiger partial charge in [0.1, 0.15) is 6.61 Å². The standard InChI is InChI=1S/C17H21N3O4/c1-3-14-13(10-20(2)19-14)15(9-16(21)22)18-17(23)24-11-12-7-5-4-6-8-12/h4-8,10,15H,3,9,11H2,1-2H3,(H,18,23)(H,21,22)/t15-/m0/s1. The van der Waals surface area contributed by atoms with Crippen molar-refractivity contribution in [1.29, 1.82) is 0 Å². The summed E-state index contributed by atoms with van der Waals surface area (Å²) >= 11 is 0. The summed E-state index contributed by atoms with van der Waals surface area (Å²) in [6.45, 7) is 2.05. The van der Waals surface area contributed by atoms with E-state index in [1.54, 1.807) is 17.9 Å². The van der Waals surface area contributed by atoms with Gasteiger partial charge in [-0.1, -0.05) is 37.3 Å². The van der Waals surface area contributed by atoms with Crippen LogP contribution >= 0.6 is 0 Å². The molecule has 0 saturated carbocycles. The molecule has 0 fully saturated rings. The van der Waals surface area contributed by atoms with E-state index in [0.717, 1.165) is 11.3 Å². The number of carboxylic acid groups (broad SMARTS) is 1. The Morgan fingerprint density at radius 3 is 2.67 bits per heavy atom. The van der Waals surface area contributed by atoms with Crippen molar-refractivity contribution >= 4 is 12.1 Å². The zero-order chi connectivity index (χ0) is 17.5. The van der Waals surface area contributed by atoms with Gasteiger partial charge < -0.3 is 15.2 Å². The molecule has 0 unspecified atom stereocenters. The summed E-state index contributed by atoms with van der Waals surface area (Å²) in [6, 6.07) is 8.59. The van der Waals surface area contributed by atoms with Gasteiger partial charge in [0.2, 0.25) is 0 Å². The first-order chi connectivity index (χ1) is 11.5. The SMILES string of the molecule is CCc1nn(C)cc1[C@H](CC(=O)O)NC(=O)OCc1ccccc1. The van der Waals surface area contributed by atoms with Crippen LogP contribution in [0.3, 0.4) is 0 Å². The summed E-state index contributed by atoms with van der Waals surface area (Å²) in [4.78, 5) is 23.2. The van der Waals surface area contributed by atoms with Crippen LogP contribution in [0.1, 0.15) is 36.2 Å². The predicted molar refractivity (Wildman–Crippen MR) is 87.3 cm³/mol. The first kappa shape index (κ1) is 17.5. The van der Waals surface area contributed by atoms with Gasteiger partial charge in [0.15, 0.2) is 0 Å². The molecule has 24 heavy (non-hydrogen) atoms. The Balaban J connectivity index is 2.05. The van der Waals surface area contributed by atoms with Gasteiger partial charge in [0.25, 0.3) is 0 Å². The molecule has 2 rings (SSSR count). The fourth-order valence-electron chi connectivity index (χ4n) is 2.44. The van der Waals surface area contributed by atoms with Crippen LogP contribution in [0.15, 0.2) is 36.5 Å². The monoisotopic (exact) mass is 331 g/mol. The topological polar surface area (TPSA) is 93.5 Å². The summed E-state index contributed by atoms with van der Waals surface area (Å²) in [5.74, 6) is -1.01. The van der Waals surface area contributed by atoms with Crippen LogP contribution in [0.4, 0.5) is 4.79 Å². The Labute approximate surface area is 140 Å². The Bertz CT molecular complexity index is 697. The van der Waals surface area contributed by atoms with Gasteiger partial charge in [-0.25, -0.2) is 4.79 Å². The van der Waals surface area contributed by atoms with E-state index in [1.165, 1.54) is 0 Å². The number of amides is 1. The zero-order valence-corrected chi connectivity index (χ0v) is 13.7. The summed E-state index contributed by atoms with van der Waals surface area (Å²) in [6.07, 6.45) is 1.48. The third-order valence-electron chi connectivity index (χ3n) is 3.53. The van der Waals surface area contributed by atoms with Crippen molar-refractivity contribution in [2.24, 2.45) is 7.05 Å².